The lowest BCUT2D eigenvalue weighted by atomic mass is 10.4. The lowest BCUT2D eigenvalue weighted by Gasteiger charge is -2.20. The third-order valence-corrected chi connectivity index (χ3v) is 6.90. The van der Waals surface area contributed by atoms with Gasteiger partial charge in [0.25, 0.3) is 0 Å². The molecule has 1 aliphatic carbocycles. The fourth-order valence-corrected chi connectivity index (χ4v) is 5.88. The van der Waals surface area contributed by atoms with Gasteiger partial charge in [0, 0.05) is 0 Å². The van der Waals surface area contributed by atoms with E-state index in [-0.39, 0.29) is 0 Å². The molecule has 0 N–H and O–H groups in total. The Morgan fingerprint density at radius 3 is 1.50 bits per heavy atom. The maximum absolute atomic E-state index is 2.34. The van der Waals surface area contributed by atoms with E-state index in [1.165, 1.54) is 10.4 Å². The highest BCUT2D eigenvalue weighted by Crippen LogP contribution is 2.19. The van der Waals surface area contributed by atoms with Crippen molar-refractivity contribution >= 4 is 19.2 Å². The minimum Gasteiger partial charge on any atom is -0.0799 e. The SMILES string of the molecule is C1=CC([SiH](c2ccccc2)c2ccccc2)C=C1. The molecule has 0 nitrogen and oxygen atoms in total. The summed E-state index contributed by atoms with van der Waals surface area (Å²) in [5.74, 6) is 0. The van der Waals surface area contributed by atoms with Crippen molar-refractivity contribution in [3.05, 3.63) is 85.0 Å². The molecule has 0 aromatic heterocycles. The number of hydrogen-bond donors (Lipinski definition) is 0. The van der Waals surface area contributed by atoms with Crippen LogP contribution >= 0.6 is 0 Å². The minimum atomic E-state index is -1.18. The van der Waals surface area contributed by atoms with Gasteiger partial charge in [-0.1, -0.05) is 95.3 Å². The Balaban J connectivity index is 2.04. The fraction of sp³-hybridized carbons (Fsp3) is 0.0588. The Morgan fingerprint density at radius 2 is 1.06 bits per heavy atom. The summed E-state index contributed by atoms with van der Waals surface area (Å²) in [6.07, 6.45) is 9.04. The van der Waals surface area contributed by atoms with E-state index in [2.05, 4.69) is 85.0 Å². The standard InChI is InChI=1S/C17H16Si/c1-3-9-15(10-4-1)18(17-13-7-8-14-17)16-11-5-2-6-12-16/h1-14,17-18H. The first-order valence-corrected chi connectivity index (χ1v) is 8.22. The van der Waals surface area contributed by atoms with Crippen LogP contribution in [0.3, 0.4) is 0 Å². The highest BCUT2D eigenvalue weighted by molar-refractivity contribution is 6.87. The maximum atomic E-state index is 2.34. The van der Waals surface area contributed by atoms with E-state index in [0.717, 1.165) is 0 Å². The molecule has 2 aromatic carbocycles. The molecule has 88 valence electrons. The van der Waals surface area contributed by atoms with E-state index in [1.807, 2.05) is 0 Å². The average Bonchev–Trinajstić information content (AvgIpc) is 2.95. The van der Waals surface area contributed by atoms with Gasteiger partial charge in [0.05, 0.1) is 0 Å². The Morgan fingerprint density at radius 1 is 0.611 bits per heavy atom. The summed E-state index contributed by atoms with van der Waals surface area (Å²) in [6, 6.07) is 21.9. The van der Waals surface area contributed by atoms with Gasteiger partial charge >= 0.3 is 0 Å². The van der Waals surface area contributed by atoms with E-state index >= 15 is 0 Å². The van der Waals surface area contributed by atoms with Crippen LogP contribution in [-0.2, 0) is 0 Å². The summed E-state index contributed by atoms with van der Waals surface area (Å²) in [6.45, 7) is 0. The van der Waals surface area contributed by atoms with Crippen molar-refractivity contribution in [2.24, 2.45) is 0 Å². The Hall–Kier alpha value is -1.86. The van der Waals surface area contributed by atoms with Gasteiger partial charge < -0.3 is 0 Å². The van der Waals surface area contributed by atoms with Crippen molar-refractivity contribution in [3.8, 4) is 0 Å². The van der Waals surface area contributed by atoms with Gasteiger partial charge in [-0.2, -0.15) is 0 Å². The number of benzene rings is 2. The first-order valence-electron chi connectivity index (χ1n) is 6.40. The zero-order valence-corrected chi connectivity index (χ0v) is 11.4. The highest BCUT2D eigenvalue weighted by atomic mass is 28.3. The first-order chi connectivity index (χ1) is 8.95. The second-order valence-corrected chi connectivity index (χ2v) is 7.70. The molecule has 0 bridgehead atoms. The van der Waals surface area contributed by atoms with Gasteiger partial charge in [-0.05, 0) is 5.54 Å². The molecule has 0 atom stereocenters. The monoisotopic (exact) mass is 248 g/mol. The van der Waals surface area contributed by atoms with Crippen molar-refractivity contribution in [1.29, 1.82) is 0 Å². The maximum Gasteiger partial charge on any atom is 0.113 e. The molecule has 2 aromatic rings. The molecule has 0 spiro atoms. The lowest BCUT2D eigenvalue weighted by Crippen LogP contribution is -2.44. The van der Waals surface area contributed by atoms with Crippen LogP contribution in [0.1, 0.15) is 0 Å². The third kappa shape index (κ3) is 2.22. The largest absolute Gasteiger partial charge is 0.113 e. The van der Waals surface area contributed by atoms with Crippen molar-refractivity contribution < 1.29 is 0 Å². The van der Waals surface area contributed by atoms with Crippen LogP contribution < -0.4 is 10.4 Å². The predicted molar refractivity (Wildman–Crippen MR) is 81.3 cm³/mol. The van der Waals surface area contributed by atoms with Crippen LogP contribution in [0.15, 0.2) is 85.0 Å². The summed E-state index contributed by atoms with van der Waals surface area (Å²) >= 11 is 0. The smallest absolute Gasteiger partial charge is 0.0799 e. The molecule has 0 saturated heterocycles. The first kappa shape index (κ1) is 11.2. The van der Waals surface area contributed by atoms with Crippen LogP contribution in [0.2, 0.25) is 5.54 Å². The molecule has 1 aliphatic rings. The van der Waals surface area contributed by atoms with Crippen molar-refractivity contribution in [3.63, 3.8) is 0 Å². The predicted octanol–water partition coefficient (Wildman–Crippen LogP) is 2.52. The molecule has 0 amide bonds. The summed E-state index contributed by atoms with van der Waals surface area (Å²) in [7, 11) is -1.18. The van der Waals surface area contributed by atoms with Crippen LogP contribution in [-0.4, -0.2) is 8.80 Å². The molecule has 0 heterocycles. The van der Waals surface area contributed by atoms with Crippen molar-refractivity contribution in [2.45, 2.75) is 5.54 Å². The van der Waals surface area contributed by atoms with Gasteiger partial charge in [-0.25, -0.2) is 0 Å². The molecular weight excluding hydrogens is 232 g/mol. The molecule has 0 aliphatic heterocycles. The van der Waals surface area contributed by atoms with Crippen LogP contribution in [0.4, 0.5) is 0 Å². The summed E-state index contributed by atoms with van der Waals surface area (Å²) in [5, 5.41) is 3.04. The van der Waals surface area contributed by atoms with Crippen molar-refractivity contribution in [2.75, 3.05) is 0 Å². The second-order valence-electron chi connectivity index (χ2n) is 4.65. The average molecular weight is 248 g/mol. The number of hydrogen-bond acceptors (Lipinski definition) is 0. The van der Waals surface area contributed by atoms with E-state index in [0.29, 0.717) is 5.54 Å². The van der Waals surface area contributed by atoms with Gasteiger partial charge in [-0.3, -0.25) is 0 Å². The molecule has 0 unspecified atom stereocenters. The summed E-state index contributed by atoms with van der Waals surface area (Å²) in [4.78, 5) is 0. The third-order valence-electron chi connectivity index (χ3n) is 3.48. The van der Waals surface area contributed by atoms with E-state index in [4.69, 9.17) is 0 Å². The molecule has 0 fully saturated rings. The Kier molecular flexibility index (Phi) is 3.24. The molecule has 18 heavy (non-hydrogen) atoms. The zero-order valence-electron chi connectivity index (χ0n) is 10.2. The number of rotatable bonds is 3. The van der Waals surface area contributed by atoms with Crippen LogP contribution in [0, 0.1) is 0 Å². The topological polar surface area (TPSA) is 0 Å². The molecule has 3 rings (SSSR count). The van der Waals surface area contributed by atoms with Gasteiger partial charge in [0.1, 0.15) is 8.80 Å². The van der Waals surface area contributed by atoms with E-state index in [9.17, 15) is 0 Å². The van der Waals surface area contributed by atoms with E-state index in [1.54, 1.807) is 0 Å². The summed E-state index contributed by atoms with van der Waals surface area (Å²) < 4.78 is 0. The molecular formula is C17H16Si. The molecule has 0 radical (unpaired) electrons. The van der Waals surface area contributed by atoms with Crippen molar-refractivity contribution in [1.82, 2.24) is 0 Å². The minimum absolute atomic E-state index is 0.606. The lowest BCUT2D eigenvalue weighted by molar-refractivity contribution is 1.37. The highest BCUT2D eigenvalue weighted by Gasteiger charge is 2.23. The van der Waals surface area contributed by atoms with Gasteiger partial charge in [0.15, 0.2) is 0 Å². The van der Waals surface area contributed by atoms with E-state index < -0.39 is 8.80 Å². The normalized spacial score (nSPS) is 14.5. The second kappa shape index (κ2) is 5.19. The number of allylic oxidation sites excluding steroid dienone is 4. The quantitative estimate of drug-likeness (QED) is 0.732. The zero-order chi connectivity index (χ0) is 12.2. The summed E-state index contributed by atoms with van der Waals surface area (Å²) in [5.41, 5.74) is 0.606. The fourth-order valence-electron chi connectivity index (χ4n) is 2.63. The van der Waals surface area contributed by atoms with Crippen LogP contribution in [0.25, 0.3) is 0 Å². The Bertz CT molecular complexity index is 503. The van der Waals surface area contributed by atoms with Gasteiger partial charge in [-0.15, -0.1) is 0 Å². The molecule has 0 saturated carbocycles. The van der Waals surface area contributed by atoms with Crippen LogP contribution in [0.5, 0.6) is 0 Å². The molecule has 1 heteroatoms. The van der Waals surface area contributed by atoms with Gasteiger partial charge in [0.2, 0.25) is 0 Å². The Labute approximate surface area is 110 Å².